The molecule has 0 saturated carbocycles. The zero-order chi connectivity index (χ0) is 5.15. The smallest absolute Gasteiger partial charge is 0.414 e. The van der Waals surface area contributed by atoms with E-state index < -0.39 is 11.9 Å². The zero-order valence-corrected chi connectivity index (χ0v) is 8.57. The summed E-state index contributed by atoms with van der Waals surface area (Å²) in [5.74, 6) is -3.65. The van der Waals surface area contributed by atoms with E-state index in [4.69, 9.17) is 19.8 Å². The van der Waals surface area contributed by atoms with E-state index >= 15 is 0 Å². The quantitative estimate of drug-likeness (QED) is 0.355. The molecule has 0 fully saturated rings. The van der Waals surface area contributed by atoms with Crippen molar-refractivity contribution in [1.82, 2.24) is 0 Å². The molecule has 0 saturated heterocycles. The first kappa shape index (κ1) is 50.9. The maximum atomic E-state index is 9.10. The molecule has 0 aromatic heterocycles. The fourth-order valence-electron chi connectivity index (χ4n) is 0. The summed E-state index contributed by atoms with van der Waals surface area (Å²) in [6.45, 7) is 0. The molecule has 0 unspecified atom stereocenters. The van der Waals surface area contributed by atoms with E-state index in [0.29, 0.717) is 0 Å². The second-order valence-electron chi connectivity index (χ2n) is 0.610. The van der Waals surface area contributed by atoms with Gasteiger partial charge in [-0.2, -0.15) is 0 Å². The van der Waals surface area contributed by atoms with Gasteiger partial charge in [-0.1, -0.05) is 0 Å². The van der Waals surface area contributed by atoms with Crippen LogP contribution < -0.4 is 0 Å². The van der Waals surface area contributed by atoms with Crippen LogP contribution in [0.2, 0.25) is 0 Å². The van der Waals surface area contributed by atoms with Crippen LogP contribution >= 0.6 is 0 Å². The van der Waals surface area contributed by atoms with Gasteiger partial charge in [0.1, 0.15) is 0 Å². The Morgan fingerprint density at radius 1 is 0.917 bits per heavy atom. The molecule has 10 heteroatoms. The molecule has 0 aromatic carbocycles. The molecule has 0 heterocycles. The van der Waals surface area contributed by atoms with Crippen LogP contribution in [-0.2, 0) is 62.3 Å². The van der Waals surface area contributed by atoms with E-state index in [-0.39, 0.29) is 86.7 Å². The number of carboxylic acid groups (broad SMARTS) is 2. The van der Waals surface area contributed by atoms with Crippen molar-refractivity contribution in [2.45, 2.75) is 0 Å². The molecule has 0 aromatic rings. The SMILES string of the molecule is O.O.O=C(O)C(=O)O.[Fe].[MgH2].[Mn].[V]. The number of aliphatic carboxylic acids is 2. The van der Waals surface area contributed by atoms with Crippen LogP contribution in [0.25, 0.3) is 0 Å². The van der Waals surface area contributed by atoms with Gasteiger partial charge in [0, 0.05) is 52.7 Å². The summed E-state index contributed by atoms with van der Waals surface area (Å²) in [5, 5.41) is 14.8. The van der Waals surface area contributed by atoms with Crippen molar-refractivity contribution < 1.29 is 83.4 Å². The molecular formula is C2H8FeMgMnO6V. The van der Waals surface area contributed by atoms with Crippen molar-refractivity contribution in [3.8, 4) is 0 Å². The van der Waals surface area contributed by atoms with Gasteiger partial charge in [-0.05, 0) is 0 Å². The van der Waals surface area contributed by atoms with Gasteiger partial charge >= 0.3 is 35.0 Å². The minimum atomic E-state index is -1.82. The Bertz CT molecular complexity index is 91.5. The van der Waals surface area contributed by atoms with E-state index in [9.17, 15) is 0 Å². The molecule has 0 atom stereocenters. The van der Waals surface area contributed by atoms with Crippen LogP contribution in [-0.4, -0.2) is 56.2 Å². The topological polar surface area (TPSA) is 138 Å². The third kappa shape index (κ3) is 42.9. The second-order valence-corrected chi connectivity index (χ2v) is 0.610. The Morgan fingerprint density at radius 3 is 1.00 bits per heavy atom. The van der Waals surface area contributed by atoms with Crippen molar-refractivity contribution in [3.63, 3.8) is 0 Å². The average Bonchev–Trinajstić information content (AvgIpc) is 1.36. The molecule has 6 nitrogen and oxygen atoms in total. The van der Waals surface area contributed by atoms with Gasteiger partial charge in [0.15, 0.2) is 0 Å². The van der Waals surface area contributed by atoms with Crippen molar-refractivity contribution in [3.05, 3.63) is 0 Å². The molecule has 74 valence electrons. The van der Waals surface area contributed by atoms with Crippen LogP contribution in [0.3, 0.4) is 0 Å². The third-order valence-electron chi connectivity index (χ3n) is 0.183. The third-order valence-corrected chi connectivity index (χ3v) is 0.183. The van der Waals surface area contributed by atoms with Crippen molar-refractivity contribution in [1.29, 1.82) is 0 Å². The molecule has 6 N–H and O–H groups in total. The van der Waals surface area contributed by atoms with E-state index in [2.05, 4.69) is 0 Å². The van der Waals surface area contributed by atoms with Crippen molar-refractivity contribution >= 4 is 35.0 Å². The zero-order valence-electron chi connectivity index (χ0n) is 4.89. The van der Waals surface area contributed by atoms with Gasteiger partial charge in [-0.15, -0.1) is 0 Å². The first-order valence-electron chi connectivity index (χ1n) is 1.11. The maximum Gasteiger partial charge on any atom is 0.414 e. The Labute approximate surface area is 117 Å². The van der Waals surface area contributed by atoms with Gasteiger partial charge in [0.25, 0.3) is 0 Å². The predicted octanol–water partition coefficient (Wildman–Crippen LogP) is -3.42. The molecular weight excluding hydrogens is 306 g/mol. The molecule has 0 spiro atoms. The van der Waals surface area contributed by atoms with Crippen molar-refractivity contribution in [2.24, 2.45) is 0 Å². The normalized spacial score (nSPS) is 3.67. The summed E-state index contributed by atoms with van der Waals surface area (Å²) in [6, 6.07) is 0. The van der Waals surface area contributed by atoms with Crippen LogP contribution in [0.1, 0.15) is 0 Å². The van der Waals surface area contributed by atoms with Gasteiger partial charge in [-0.3, -0.25) is 0 Å². The molecule has 0 aliphatic rings. The summed E-state index contributed by atoms with van der Waals surface area (Å²) < 4.78 is 0. The number of rotatable bonds is 0. The molecule has 0 amide bonds. The number of hydrogen-bond donors (Lipinski definition) is 2. The van der Waals surface area contributed by atoms with Gasteiger partial charge < -0.3 is 21.2 Å². The molecule has 0 aliphatic carbocycles. The van der Waals surface area contributed by atoms with E-state index in [1.54, 1.807) is 0 Å². The van der Waals surface area contributed by atoms with Gasteiger partial charge in [0.2, 0.25) is 0 Å². The molecule has 12 heavy (non-hydrogen) atoms. The summed E-state index contributed by atoms with van der Waals surface area (Å²) in [5.41, 5.74) is 0. The molecule has 0 bridgehead atoms. The second kappa shape index (κ2) is 29.5. The van der Waals surface area contributed by atoms with Gasteiger partial charge in [-0.25, -0.2) is 9.59 Å². The van der Waals surface area contributed by atoms with Crippen LogP contribution in [0, 0.1) is 0 Å². The minimum absolute atomic E-state index is 0. The Balaban J connectivity index is -0.00000000833. The Kier molecular flexibility index (Phi) is 125. The molecule has 0 rings (SSSR count). The molecule has 0 aliphatic heterocycles. The standard InChI is InChI=1S/C2H2O4.Fe.Mg.Mn.2H2O.V.2H/c3-1(4)2(5)6;;;;;;;;/h(H,3,4)(H,5,6);;;;2*1H2;;;. The first-order chi connectivity index (χ1) is 2.64. The van der Waals surface area contributed by atoms with E-state index in [1.165, 1.54) is 0 Å². The number of carbonyl (C=O) groups is 2. The fraction of sp³-hybridized carbons (Fsp3) is 0. The monoisotopic (exact) mass is 314 g/mol. The van der Waals surface area contributed by atoms with Crippen LogP contribution in [0.5, 0.6) is 0 Å². The van der Waals surface area contributed by atoms with Crippen LogP contribution in [0.15, 0.2) is 0 Å². The predicted molar refractivity (Wildman–Crippen MR) is 31.0 cm³/mol. The number of carboxylic acids is 2. The first-order valence-corrected chi connectivity index (χ1v) is 1.11. The van der Waals surface area contributed by atoms with E-state index in [1.807, 2.05) is 0 Å². The summed E-state index contributed by atoms with van der Waals surface area (Å²) in [4.78, 5) is 18.2. The minimum Gasteiger partial charge on any atom is -0.473 e. The van der Waals surface area contributed by atoms with Gasteiger partial charge in [0.05, 0.1) is 0 Å². The molecule has 2 radical (unpaired) electrons. The largest absolute Gasteiger partial charge is 0.473 e. The maximum absolute atomic E-state index is 9.10. The Hall–Kier alpha value is 1.25. The summed E-state index contributed by atoms with van der Waals surface area (Å²) >= 11 is 0. The Morgan fingerprint density at radius 2 is 1.00 bits per heavy atom. The van der Waals surface area contributed by atoms with Crippen molar-refractivity contribution in [2.75, 3.05) is 0 Å². The summed E-state index contributed by atoms with van der Waals surface area (Å²) in [7, 11) is 0. The van der Waals surface area contributed by atoms with E-state index in [0.717, 1.165) is 0 Å². The summed E-state index contributed by atoms with van der Waals surface area (Å²) in [6.07, 6.45) is 0. The fourth-order valence-corrected chi connectivity index (χ4v) is 0. The van der Waals surface area contributed by atoms with Crippen LogP contribution in [0.4, 0.5) is 0 Å². The average molecular weight is 314 g/mol. The number of hydrogen-bond acceptors (Lipinski definition) is 2.